The van der Waals surface area contributed by atoms with Gasteiger partial charge >= 0.3 is 5.97 Å². The summed E-state index contributed by atoms with van der Waals surface area (Å²) in [7, 11) is 3.10. The van der Waals surface area contributed by atoms with Gasteiger partial charge in [-0.15, -0.1) is 0 Å². The number of methoxy groups -OCH3 is 2. The normalized spacial score (nSPS) is 12.7. The summed E-state index contributed by atoms with van der Waals surface area (Å²) in [4.78, 5) is 14.5. The van der Waals surface area contributed by atoms with Gasteiger partial charge in [0.25, 0.3) is 0 Å². The molecular weight excluding hydrogens is 362 g/mol. The molecule has 3 aromatic rings. The van der Waals surface area contributed by atoms with Crippen molar-refractivity contribution in [2.75, 3.05) is 19.1 Å². The van der Waals surface area contributed by atoms with Gasteiger partial charge in [-0.2, -0.15) is 0 Å². The van der Waals surface area contributed by atoms with E-state index in [9.17, 15) is 4.79 Å². The number of esters is 1. The van der Waals surface area contributed by atoms with Crippen LogP contribution in [0.4, 0.5) is 11.4 Å². The molecule has 0 unspecified atom stereocenters. The van der Waals surface area contributed by atoms with Gasteiger partial charge in [0.15, 0.2) is 0 Å². The quantitative estimate of drug-likeness (QED) is 0.458. The van der Waals surface area contributed by atoms with Crippen LogP contribution in [0.3, 0.4) is 0 Å². The number of nitrogens with zero attached hydrogens (tertiary/aromatic N) is 1. The van der Waals surface area contributed by atoms with Crippen molar-refractivity contribution >= 4 is 17.3 Å². The lowest BCUT2D eigenvalue weighted by molar-refractivity contribution is -0.145. The Balaban J connectivity index is 2.09. The van der Waals surface area contributed by atoms with Gasteiger partial charge < -0.3 is 14.4 Å². The highest BCUT2D eigenvalue weighted by Crippen LogP contribution is 2.39. The van der Waals surface area contributed by atoms with Crippen molar-refractivity contribution in [1.29, 1.82) is 0 Å². The molecule has 0 aliphatic carbocycles. The van der Waals surface area contributed by atoms with Crippen LogP contribution >= 0.6 is 0 Å². The van der Waals surface area contributed by atoms with Crippen molar-refractivity contribution in [3.05, 3.63) is 90.5 Å². The van der Waals surface area contributed by atoms with Crippen molar-refractivity contribution in [2.45, 2.75) is 19.4 Å². The van der Waals surface area contributed by atoms with Crippen molar-refractivity contribution < 1.29 is 14.3 Å². The topological polar surface area (TPSA) is 38.8 Å². The molecule has 3 aromatic carbocycles. The highest BCUT2D eigenvalue weighted by Gasteiger charge is 2.27. The predicted octanol–water partition coefficient (Wildman–Crippen LogP) is 5.77. The molecule has 4 heteroatoms. The summed E-state index contributed by atoms with van der Waals surface area (Å²) in [5.74, 6) is 0.353. The fourth-order valence-corrected chi connectivity index (χ4v) is 3.54. The molecule has 0 aliphatic rings. The zero-order valence-electron chi connectivity index (χ0n) is 17.1. The Bertz CT molecular complexity index is 855. The molecule has 0 aromatic heterocycles. The molecule has 0 saturated heterocycles. The van der Waals surface area contributed by atoms with E-state index in [0.29, 0.717) is 6.42 Å². The number of benzene rings is 3. The van der Waals surface area contributed by atoms with Crippen molar-refractivity contribution in [3.63, 3.8) is 0 Å². The van der Waals surface area contributed by atoms with Crippen LogP contribution in [0.1, 0.15) is 24.9 Å². The van der Waals surface area contributed by atoms with Crippen LogP contribution < -0.4 is 9.64 Å². The van der Waals surface area contributed by atoms with E-state index in [1.54, 1.807) is 7.11 Å². The van der Waals surface area contributed by atoms with Crippen LogP contribution in [0.5, 0.6) is 5.75 Å². The second kappa shape index (κ2) is 9.78. The molecule has 0 heterocycles. The molecule has 0 aliphatic heterocycles. The number of anilines is 2. The summed E-state index contributed by atoms with van der Waals surface area (Å²) >= 11 is 0. The molecule has 4 nitrogen and oxygen atoms in total. The molecule has 0 saturated carbocycles. The number of carbonyl (C=O) groups excluding carboxylic acids is 1. The third-order valence-electron chi connectivity index (χ3n) is 5.06. The number of ether oxygens (including phenoxy) is 2. The second-order valence-corrected chi connectivity index (χ2v) is 6.99. The summed E-state index contributed by atoms with van der Waals surface area (Å²) in [5, 5.41) is 0. The maximum atomic E-state index is 12.2. The lowest BCUT2D eigenvalue weighted by Gasteiger charge is -2.35. The number of hydrogen-bond acceptors (Lipinski definition) is 4. The Hall–Kier alpha value is -3.27. The highest BCUT2D eigenvalue weighted by atomic mass is 16.5. The van der Waals surface area contributed by atoms with Crippen LogP contribution in [0.2, 0.25) is 0 Å². The smallest absolute Gasteiger partial charge is 0.308 e. The van der Waals surface area contributed by atoms with Gasteiger partial charge in [0, 0.05) is 11.4 Å². The fourth-order valence-electron chi connectivity index (χ4n) is 3.54. The first kappa shape index (κ1) is 20.5. The first-order valence-corrected chi connectivity index (χ1v) is 9.75. The number of rotatable bonds is 8. The summed E-state index contributed by atoms with van der Waals surface area (Å²) in [6, 6.07) is 28.5. The van der Waals surface area contributed by atoms with Crippen molar-refractivity contribution in [1.82, 2.24) is 0 Å². The number of hydrogen-bond donors (Lipinski definition) is 0. The average Bonchev–Trinajstić information content (AvgIpc) is 2.79. The Morgan fingerprint density at radius 1 is 0.828 bits per heavy atom. The van der Waals surface area contributed by atoms with Gasteiger partial charge in [0.05, 0.1) is 26.2 Å². The fraction of sp³-hybridized carbons (Fsp3) is 0.240. The molecule has 0 radical (unpaired) electrons. The van der Waals surface area contributed by atoms with Crippen LogP contribution in [0.15, 0.2) is 84.9 Å². The van der Waals surface area contributed by atoms with Gasteiger partial charge in [0.1, 0.15) is 5.75 Å². The van der Waals surface area contributed by atoms with Crippen molar-refractivity contribution in [3.8, 4) is 5.75 Å². The molecule has 150 valence electrons. The Labute approximate surface area is 172 Å². The second-order valence-electron chi connectivity index (χ2n) is 6.99. The maximum Gasteiger partial charge on any atom is 0.308 e. The molecule has 0 N–H and O–H groups in total. The monoisotopic (exact) mass is 389 g/mol. The lowest BCUT2D eigenvalue weighted by Crippen LogP contribution is -2.28. The van der Waals surface area contributed by atoms with E-state index in [-0.39, 0.29) is 17.9 Å². The SMILES string of the molecule is COC(=O)[C@H](C)C[C@@H](c1ccc(OC)cc1)N(c1ccccc1)c1ccccc1. The lowest BCUT2D eigenvalue weighted by atomic mass is 9.93. The Morgan fingerprint density at radius 3 is 1.79 bits per heavy atom. The predicted molar refractivity (Wildman–Crippen MR) is 117 cm³/mol. The Kier molecular flexibility index (Phi) is 6.90. The van der Waals surface area contributed by atoms with Gasteiger partial charge in [-0.05, 0) is 48.4 Å². The first-order valence-electron chi connectivity index (χ1n) is 9.75. The third kappa shape index (κ3) is 4.96. The molecule has 0 amide bonds. The third-order valence-corrected chi connectivity index (χ3v) is 5.06. The van der Waals surface area contributed by atoms with E-state index < -0.39 is 0 Å². The van der Waals surface area contributed by atoms with E-state index in [2.05, 4.69) is 41.3 Å². The zero-order valence-corrected chi connectivity index (χ0v) is 17.1. The van der Waals surface area contributed by atoms with Crippen LogP contribution in [-0.4, -0.2) is 20.2 Å². The summed E-state index contributed by atoms with van der Waals surface area (Å²) in [6.45, 7) is 1.91. The number of carbonyl (C=O) groups is 1. The minimum atomic E-state index is -0.248. The minimum absolute atomic E-state index is 0.0557. The van der Waals surface area contributed by atoms with Gasteiger partial charge in [-0.1, -0.05) is 55.5 Å². The van der Waals surface area contributed by atoms with Gasteiger partial charge in [0.2, 0.25) is 0 Å². The number of para-hydroxylation sites is 2. The van der Waals surface area contributed by atoms with E-state index in [0.717, 1.165) is 22.7 Å². The molecule has 3 rings (SSSR count). The summed E-state index contributed by atoms with van der Waals surface area (Å²) in [5.41, 5.74) is 3.24. The van der Waals surface area contributed by atoms with Crippen LogP contribution in [0.25, 0.3) is 0 Å². The van der Waals surface area contributed by atoms with Gasteiger partial charge in [-0.25, -0.2) is 0 Å². The average molecular weight is 389 g/mol. The van der Waals surface area contributed by atoms with E-state index >= 15 is 0 Å². The summed E-state index contributed by atoms with van der Waals surface area (Å²) in [6.07, 6.45) is 0.614. The Morgan fingerprint density at radius 2 is 1.34 bits per heavy atom. The van der Waals surface area contributed by atoms with E-state index in [4.69, 9.17) is 9.47 Å². The summed E-state index contributed by atoms with van der Waals surface area (Å²) < 4.78 is 10.3. The molecule has 0 bridgehead atoms. The maximum absolute atomic E-state index is 12.2. The first-order chi connectivity index (χ1) is 14.1. The molecule has 0 fully saturated rings. The standard InChI is InChI=1S/C25H27NO3/c1-19(25(27)29-3)18-24(20-14-16-23(28-2)17-15-20)26(21-10-6-4-7-11-21)22-12-8-5-9-13-22/h4-17,19,24H,18H2,1-3H3/t19-,24+/m1/s1. The zero-order chi connectivity index (χ0) is 20.6. The molecule has 29 heavy (non-hydrogen) atoms. The van der Waals surface area contributed by atoms with E-state index in [1.165, 1.54) is 7.11 Å². The van der Waals surface area contributed by atoms with Crippen LogP contribution in [-0.2, 0) is 9.53 Å². The minimum Gasteiger partial charge on any atom is -0.497 e. The van der Waals surface area contributed by atoms with Crippen molar-refractivity contribution in [2.24, 2.45) is 5.92 Å². The molecule has 0 spiro atoms. The van der Waals surface area contributed by atoms with Gasteiger partial charge in [-0.3, -0.25) is 4.79 Å². The molecule has 2 atom stereocenters. The highest BCUT2D eigenvalue weighted by molar-refractivity contribution is 5.72. The van der Waals surface area contributed by atoms with E-state index in [1.807, 2.05) is 55.5 Å². The largest absolute Gasteiger partial charge is 0.497 e. The van der Waals surface area contributed by atoms with Crippen LogP contribution in [0, 0.1) is 5.92 Å². The molecular formula is C25H27NO3.